The first-order valence-electron chi connectivity index (χ1n) is 9.15. The maximum Gasteiger partial charge on any atom is 0.411 e. The lowest BCUT2D eigenvalue weighted by molar-refractivity contribution is 0.142. The maximum atomic E-state index is 11.9. The monoisotopic (exact) mass is 356 g/mol. The Bertz CT molecular complexity index is 665. The van der Waals surface area contributed by atoms with Crippen molar-refractivity contribution in [1.82, 2.24) is 4.90 Å². The van der Waals surface area contributed by atoms with E-state index in [0.29, 0.717) is 18.9 Å². The van der Waals surface area contributed by atoms with Crippen molar-refractivity contribution in [2.24, 2.45) is 0 Å². The standard InChI is InChI=1S/C21H28N2O3/c1-4-23(5-2)15-16-26-21(24)22-19-11-7-17(8-12-19)18-9-13-20(14-10-18)25-6-3/h7-14H,4-6,15-16H2,1-3H3,(H,22,24). The minimum atomic E-state index is -0.425. The van der Waals surface area contributed by atoms with E-state index >= 15 is 0 Å². The molecule has 0 aliphatic heterocycles. The summed E-state index contributed by atoms with van der Waals surface area (Å²) in [7, 11) is 0. The number of carbonyl (C=O) groups is 1. The van der Waals surface area contributed by atoms with Crippen molar-refractivity contribution in [2.75, 3.05) is 38.2 Å². The van der Waals surface area contributed by atoms with Crippen LogP contribution in [0.1, 0.15) is 20.8 Å². The minimum Gasteiger partial charge on any atom is -0.494 e. The molecule has 0 aromatic heterocycles. The summed E-state index contributed by atoms with van der Waals surface area (Å²) in [4.78, 5) is 14.1. The minimum absolute atomic E-state index is 0.387. The van der Waals surface area contributed by atoms with Gasteiger partial charge in [-0.3, -0.25) is 5.32 Å². The number of nitrogens with zero attached hydrogens (tertiary/aromatic N) is 1. The van der Waals surface area contributed by atoms with Crippen molar-refractivity contribution in [3.8, 4) is 16.9 Å². The normalized spacial score (nSPS) is 10.6. The average Bonchev–Trinajstić information content (AvgIpc) is 2.67. The maximum absolute atomic E-state index is 11.9. The first-order valence-corrected chi connectivity index (χ1v) is 9.15. The molecule has 140 valence electrons. The Morgan fingerprint density at radius 2 is 1.50 bits per heavy atom. The third-order valence-electron chi connectivity index (χ3n) is 4.17. The van der Waals surface area contributed by atoms with E-state index in [4.69, 9.17) is 9.47 Å². The van der Waals surface area contributed by atoms with E-state index in [1.165, 1.54) is 0 Å². The van der Waals surface area contributed by atoms with E-state index in [1.807, 2.05) is 55.5 Å². The van der Waals surface area contributed by atoms with Crippen LogP contribution in [0.5, 0.6) is 5.75 Å². The molecule has 2 rings (SSSR count). The van der Waals surface area contributed by atoms with Gasteiger partial charge in [0.1, 0.15) is 12.4 Å². The first kappa shape index (κ1) is 19.8. The molecular formula is C21H28N2O3. The molecule has 0 aliphatic carbocycles. The van der Waals surface area contributed by atoms with Crippen LogP contribution in [-0.4, -0.2) is 43.8 Å². The molecule has 26 heavy (non-hydrogen) atoms. The predicted molar refractivity (Wildman–Crippen MR) is 106 cm³/mol. The zero-order chi connectivity index (χ0) is 18.8. The van der Waals surface area contributed by atoms with Gasteiger partial charge in [0.15, 0.2) is 0 Å². The van der Waals surface area contributed by atoms with Crippen molar-refractivity contribution in [3.05, 3.63) is 48.5 Å². The number of carbonyl (C=O) groups excluding carboxylic acids is 1. The van der Waals surface area contributed by atoms with Crippen LogP contribution in [0.3, 0.4) is 0 Å². The summed E-state index contributed by atoms with van der Waals surface area (Å²) in [5, 5.41) is 2.76. The van der Waals surface area contributed by atoms with Gasteiger partial charge in [0.05, 0.1) is 6.61 Å². The molecule has 0 unspecified atom stereocenters. The molecule has 5 heteroatoms. The Morgan fingerprint density at radius 1 is 0.923 bits per heavy atom. The smallest absolute Gasteiger partial charge is 0.411 e. The summed E-state index contributed by atoms with van der Waals surface area (Å²) in [6.07, 6.45) is -0.425. The van der Waals surface area contributed by atoms with Crippen LogP contribution in [0.4, 0.5) is 10.5 Å². The highest BCUT2D eigenvalue weighted by Gasteiger charge is 2.06. The number of likely N-dealkylation sites (N-methyl/N-ethyl adjacent to an activating group) is 1. The molecule has 0 heterocycles. The third kappa shape index (κ3) is 6.08. The van der Waals surface area contributed by atoms with Crippen molar-refractivity contribution in [2.45, 2.75) is 20.8 Å². The molecule has 0 spiro atoms. The van der Waals surface area contributed by atoms with Gasteiger partial charge in [-0.2, -0.15) is 0 Å². The van der Waals surface area contributed by atoms with E-state index in [0.717, 1.165) is 36.5 Å². The number of ether oxygens (including phenoxy) is 2. The highest BCUT2D eigenvalue weighted by Crippen LogP contribution is 2.24. The van der Waals surface area contributed by atoms with E-state index in [-0.39, 0.29) is 0 Å². The number of hydrogen-bond acceptors (Lipinski definition) is 4. The second-order valence-electron chi connectivity index (χ2n) is 5.82. The summed E-state index contributed by atoms with van der Waals surface area (Å²) >= 11 is 0. The van der Waals surface area contributed by atoms with Gasteiger partial charge in [0.25, 0.3) is 0 Å². The molecule has 0 saturated heterocycles. The van der Waals surface area contributed by atoms with Crippen LogP contribution in [0.2, 0.25) is 0 Å². The Kier molecular flexibility index (Phi) is 7.96. The molecule has 0 saturated carbocycles. The molecule has 5 nitrogen and oxygen atoms in total. The molecule has 0 bridgehead atoms. The van der Waals surface area contributed by atoms with Crippen LogP contribution in [0.15, 0.2) is 48.5 Å². The zero-order valence-corrected chi connectivity index (χ0v) is 15.8. The van der Waals surface area contributed by atoms with E-state index in [9.17, 15) is 4.79 Å². The first-order chi connectivity index (χ1) is 12.7. The fraction of sp³-hybridized carbons (Fsp3) is 0.381. The molecule has 2 aromatic carbocycles. The molecule has 0 radical (unpaired) electrons. The third-order valence-corrected chi connectivity index (χ3v) is 4.17. The van der Waals surface area contributed by atoms with Gasteiger partial charge in [-0.15, -0.1) is 0 Å². The molecular weight excluding hydrogens is 328 g/mol. The topological polar surface area (TPSA) is 50.8 Å². The number of rotatable bonds is 9. The van der Waals surface area contributed by atoms with Gasteiger partial charge < -0.3 is 14.4 Å². The van der Waals surface area contributed by atoms with E-state index < -0.39 is 6.09 Å². The number of anilines is 1. The van der Waals surface area contributed by atoms with Gasteiger partial charge in [-0.25, -0.2) is 4.79 Å². The summed E-state index contributed by atoms with van der Waals surface area (Å²) in [5.41, 5.74) is 2.89. The van der Waals surface area contributed by atoms with Crippen LogP contribution >= 0.6 is 0 Å². The van der Waals surface area contributed by atoms with Crippen LogP contribution in [0, 0.1) is 0 Å². The lowest BCUT2D eigenvalue weighted by Gasteiger charge is -2.17. The predicted octanol–water partition coefficient (Wildman–Crippen LogP) is 4.64. The second kappa shape index (κ2) is 10.5. The molecule has 2 aromatic rings. The quantitative estimate of drug-likeness (QED) is 0.711. The summed E-state index contributed by atoms with van der Waals surface area (Å²) in [6, 6.07) is 15.7. The fourth-order valence-corrected chi connectivity index (χ4v) is 2.62. The van der Waals surface area contributed by atoms with Gasteiger partial charge in [0.2, 0.25) is 0 Å². The Morgan fingerprint density at radius 3 is 2.04 bits per heavy atom. The Balaban J connectivity index is 1.85. The molecule has 0 fully saturated rings. The van der Waals surface area contributed by atoms with E-state index in [1.54, 1.807) is 0 Å². The van der Waals surface area contributed by atoms with Gasteiger partial charge in [0, 0.05) is 12.2 Å². The van der Waals surface area contributed by atoms with Crippen molar-refractivity contribution in [1.29, 1.82) is 0 Å². The van der Waals surface area contributed by atoms with Gasteiger partial charge in [-0.1, -0.05) is 38.1 Å². The number of hydrogen-bond donors (Lipinski definition) is 1. The van der Waals surface area contributed by atoms with Crippen LogP contribution < -0.4 is 10.1 Å². The number of benzene rings is 2. The Hall–Kier alpha value is -2.53. The lowest BCUT2D eigenvalue weighted by Crippen LogP contribution is -2.28. The highest BCUT2D eigenvalue weighted by atomic mass is 16.5. The highest BCUT2D eigenvalue weighted by molar-refractivity contribution is 5.85. The molecule has 0 aliphatic rings. The molecule has 0 atom stereocenters. The summed E-state index contributed by atoms with van der Waals surface area (Å²) in [6.45, 7) is 9.85. The largest absolute Gasteiger partial charge is 0.494 e. The number of amides is 1. The van der Waals surface area contributed by atoms with Gasteiger partial charge >= 0.3 is 6.09 Å². The van der Waals surface area contributed by atoms with Gasteiger partial charge in [-0.05, 0) is 55.4 Å². The Labute approximate surface area is 155 Å². The van der Waals surface area contributed by atoms with Crippen LogP contribution in [0.25, 0.3) is 11.1 Å². The average molecular weight is 356 g/mol. The van der Waals surface area contributed by atoms with Crippen molar-refractivity contribution >= 4 is 11.8 Å². The zero-order valence-electron chi connectivity index (χ0n) is 15.8. The lowest BCUT2D eigenvalue weighted by atomic mass is 10.1. The molecule has 1 amide bonds. The SMILES string of the molecule is CCOc1ccc(-c2ccc(NC(=O)OCCN(CC)CC)cc2)cc1. The second-order valence-corrected chi connectivity index (χ2v) is 5.82. The van der Waals surface area contributed by atoms with Crippen molar-refractivity contribution in [3.63, 3.8) is 0 Å². The van der Waals surface area contributed by atoms with E-state index in [2.05, 4.69) is 24.1 Å². The molecule has 1 N–H and O–H groups in total. The van der Waals surface area contributed by atoms with Crippen molar-refractivity contribution < 1.29 is 14.3 Å². The summed E-state index contributed by atoms with van der Waals surface area (Å²) < 4.78 is 10.7. The summed E-state index contributed by atoms with van der Waals surface area (Å²) in [5.74, 6) is 0.863. The number of nitrogens with one attached hydrogen (secondary N) is 1. The van der Waals surface area contributed by atoms with Crippen LogP contribution in [-0.2, 0) is 4.74 Å². The fourth-order valence-electron chi connectivity index (χ4n) is 2.62.